The second kappa shape index (κ2) is 8.84. The lowest BCUT2D eigenvalue weighted by Crippen LogP contribution is -2.45. The van der Waals surface area contributed by atoms with Crippen molar-refractivity contribution in [2.75, 3.05) is 12.3 Å². The maximum Gasteiger partial charge on any atom is 0.238 e. The first kappa shape index (κ1) is 18.8. The number of aliphatic hydroxyl groups excluding tert-OH is 1. The fourth-order valence-electron chi connectivity index (χ4n) is 1.68. The van der Waals surface area contributed by atoms with Gasteiger partial charge in [-0.25, -0.2) is 0 Å². The van der Waals surface area contributed by atoms with Crippen molar-refractivity contribution < 1.29 is 14.7 Å². The average molecular weight is 308 g/mol. The third-order valence-electron chi connectivity index (χ3n) is 2.76. The van der Waals surface area contributed by atoms with Crippen molar-refractivity contribution in [3.05, 3.63) is 0 Å². The Labute approximate surface area is 125 Å². The number of aliphatic hydroxyl groups is 1. The van der Waals surface area contributed by atoms with Gasteiger partial charge in [0.2, 0.25) is 5.91 Å². The molecule has 19 heavy (non-hydrogen) atoms. The SMILES string of the molecule is CCCC(C)(S)CC(O)C(=O)CNC(=O)C(N)CS. The molecular weight excluding hydrogens is 284 g/mol. The summed E-state index contributed by atoms with van der Waals surface area (Å²) in [6.07, 6.45) is 0.866. The van der Waals surface area contributed by atoms with Gasteiger partial charge < -0.3 is 16.2 Å². The molecule has 0 aromatic rings. The van der Waals surface area contributed by atoms with E-state index in [9.17, 15) is 14.7 Å². The number of carbonyl (C=O) groups excluding carboxylic acids is 2. The molecule has 7 heteroatoms. The highest BCUT2D eigenvalue weighted by molar-refractivity contribution is 7.81. The van der Waals surface area contributed by atoms with Crippen LogP contribution in [0, 0.1) is 0 Å². The molecule has 0 bridgehead atoms. The zero-order chi connectivity index (χ0) is 15.1. The summed E-state index contributed by atoms with van der Waals surface area (Å²) in [5, 5.41) is 12.2. The summed E-state index contributed by atoms with van der Waals surface area (Å²) >= 11 is 8.32. The van der Waals surface area contributed by atoms with Crippen LogP contribution in [0.2, 0.25) is 0 Å². The van der Waals surface area contributed by atoms with E-state index >= 15 is 0 Å². The molecule has 0 saturated carbocycles. The van der Waals surface area contributed by atoms with Crippen LogP contribution in [0.25, 0.3) is 0 Å². The minimum atomic E-state index is -1.12. The number of hydrogen-bond donors (Lipinski definition) is 5. The molecule has 0 saturated heterocycles. The zero-order valence-corrected chi connectivity index (χ0v) is 13.2. The second-order valence-electron chi connectivity index (χ2n) is 4.94. The summed E-state index contributed by atoms with van der Waals surface area (Å²) in [4.78, 5) is 23.0. The molecule has 0 spiro atoms. The van der Waals surface area contributed by atoms with E-state index in [-0.39, 0.29) is 18.7 Å². The summed E-state index contributed by atoms with van der Waals surface area (Å²) in [5.74, 6) is -0.679. The average Bonchev–Trinajstić information content (AvgIpc) is 2.33. The minimum absolute atomic E-state index is 0.202. The fraction of sp³-hybridized carbons (Fsp3) is 0.833. The van der Waals surface area contributed by atoms with Crippen molar-refractivity contribution in [2.24, 2.45) is 5.73 Å². The topological polar surface area (TPSA) is 92.4 Å². The van der Waals surface area contributed by atoms with Crippen LogP contribution in [0.5, 0.6) is 0 Å². The fourth-order valence-corrected chi connectivity index (χ4v) is 2.24. The van der Waals surface area contributed by atoms with Gasteiger partial charge >= 0.3 is 0 Å². The smallest absolute Gasteiger partial charge is 0.238 e. The van der Waals surface area contributed by atoms with Gasteiger partial charge in [-0.1, -0.05) is 20.3 Å². The van der Waals surface area contributed by atoms with Crippen LogP contribution in [0.4, 0.5) is 0 Å². The summed E-state index contributed by atoms with van der Waals surface area (Å²) in [6, 6.07) is -0.747. The van der Waals surface area contributed by atoms with Gasteiger partial charge in [-0.05, 0) is 12.8 Å². The first-order chi connectivity index (χ1) is 8.73. The first-order valence-corrected chi connectivity index (χ1v) is 7.38. The number of Topliss-reactive ketones (excluding diaryl/α,β-unsaturated/α-hetero) is 1. The van der Waals surface area contributed by atoms with E-state index in [1.54, 1.807) is 0 Å². The second-order valence-corrected chi connectivity index (χ2v) is 6.38. The predicted molar refractivity (Wildman–Crippen MR) is 82.8 cm³/mol. The lowest BCUT2D eigenvalue weighted by atomic mass is 9.95. The van der Waals surface area contributed by atoms with Gasteiger partial charge in [-0.15, -0.1) is 0 Å². The van der Waals surface area contributed by atoms with Gasteiger partial charge in [0.25, 0.3) is 0 Å². The number of thiol groups is 2. The number of ketones is 1. The number of rotatable bonds is 9. The third kappa shape index (κ3) is 7.81. The maximum atomic E-state index is 11.7. The third-order valence-corrected chi connectivity index (χ3v) is 3.56. The van der Waals surface area contributed by atoms with Gasteiger partial charge in [0.15, 0.2) is 5.78 Å². The molecular formula is C12H24N2O3S2. The molecule has 0 aliphatic heterocycles. The Morgan fingerprint density at radius 2 is 2.05 bits per heavy atom. The Bertz CT molecular complexity index is 311. The first-order valence-electron chi connectivity index (χ1n) is 6.30. The lowest BCUT2D eigenvalue weighted by Gasteiger charge is -2.25. The van der Waals surface area contributed by atoms with E-state index in [1.807, 2.05) is 13.8 Å². The van der Waals surface area contributed by atoms with Crippen LogP contribution in [0.1, 0.15) is 33.1 Å². The van der Waals surface area contributed by atoms with Crippen LogP contribution in [0.3, 0.4) is 0 Å². The van der Waals surface area contributed by atoms with Crippen LogP contribution in [-0.2, 0) is 9.59 Å². The van der Waals surface area contributed by atoms with E-state index in [0.717, 1.165) is 12.8 Å². The summed E-state index contributed by atoms with van der Waals surface area (Å²) in [6.45, 7) is 3.67. The highest BCUT2D eigenvalue weighted by atomic mass is 32.1. The van der Waals surface area contributed by atoms with Gasteiger partial charge in [-0.3, -0.25) is 9.59 Å². The molecule has 3 unspecified atom stereocenters. The molecule has 5 nitrogen and oxygen atoms in total. The van der Waals surface area contributed by atoms with E-state index in [2.05, 4.69) is 30.6 Å². The maximum absolute atomic E-state index is 11.7. The van der Waals surface area contributed by atoms with Crippen LogP contribution in [-0.4, -0.2) is 46.0 Å². The van der Waals surface area contributed by atoms with E-state index in [0.29, 0.717) is 0 Å². The highest BCUT2D eigenvalue weighted by Gasteiger charge is 2.26. The Morgan fingerprint density at radius 1 is 1.47 bits per heavy atom. The lowest BCUT2D eigenvalue weighted by molar-refractivity contribution is -0.130. The number of hydrogen-bond acceptors (Lipinski definition) is 6. The van der Waals surface area contributed by atoms with Crippen LogP contribution < -0.4 is 11.1 Å². The quantitative estimate of drug-likeness (QED) is 0.393. The van der Waals surface area contributed by atoms with Crippen molar-refractivity contribution in [3.8, 4) is 0 Å². The van der Waals surface area contributed by atoms with Crippen LogP contribution >= 0.6 is 25.3 Å². The highest BCUT2D eigenvalue weighted by Crippen LogP contribution is 2.26. The van der Waals surface area contributed by atoms with Crippen molar-refractivity contribution >= 4 is 36.9 Å². The molecule has 0 heterocycles. The summed E-state index contributed by atoms with van der Waals surface area (Å²) < 4.78 is -0.394. The van der Waals surface area contributed by atoms with Gasteiger partial charge in [-0.2, -0.15) is 25.3 Å². The summed E-state index contributed by atoms with van der Waals surface area (Å²) in [7, 11) is 0. The minimum Gasteiger partial charge on any atom is -0.385 e. The Kier molecular flexibility index (Phi) is 8.73. The van der Waals surface area contributed by atoms with Crippen molar-refractivity contribution in [3.63, 3.8) is 0 Å². The standard InChI is InChI=1S/C12H24N2O3S2/c1-3-4-12(2,19)5-9(15)10(16)6-14-11(17)8(13)7-18/h8-9,15,18-19H,3-7,13H2,1-2H3,(H,14,17). The van der Waals surface area contributed by atoms with Crippen molar-refractivity contribution in [1.29, 1.82) is 0 Å². The summed E-state index contributed by atoms with van der Waals surface area (Å²) in [5.41, 5.74) is 5.45. The Hall–Kier alpha value is -0.240. The van der Waals surface area contributed by atoms with E-state index in [4.69, 9.17) is 5.73 Å². The molecule has 0 rings (SSSR count). The number of nitrogens with two attached hydrogens (primary N) is 1. The normalized spacial score (nSPS) is 17.4. The van der Waals surface area contributed by atoms with Crippen LogP contribution in [0.15, 0.2) is 0 Å². The van der Waals surface area contributed by atoms with Crippen molar-refractivity contribution in [2.45, 2.75) is 50.0 Å². The van der Waals surface area contributed by atoms with Crippen molar-refractivity contribution in [1.82, 2.24) is 5.32 Å². The van der Waals surface area contributed by atoms with E-state index in [1.165, 1.54) is 0 Å². The predicted octanol–water partition coefficient (Wildman–Crippen LogP) is 0.168. The molecule has 112 valence electrons. The molecule has 0 aliphatic rings. The molecule has 3 atom stereocenters. The number of amides is 1. The van der Waals surface area contributed by atoms with Gasteiger partial charge in [0.1, 0.15) is 6.10 Å². The molecule has 4 N–H and O–H groups in total. The van der Waals surface area contributed by atoms with Gasteiger partial charge in [0, 0.05) is 10.5 Å². The molecule has 0 fully saturated rings. The molecule has 0 aromatic carbocycles. The van der Waals surface area contributed by atoms with E-state index < -0.39 is 28.6 Å². The monoisotopic (exact) mass is 308 g/mol. The molecule has 0 radical (unpaired) electrons. The van der Waals surface area contributed by atoms with Gasteiger partial charge in [0.05, 0.1) is 12.6 Å². The zero-order valence-electron chi connectivity index (χ0n) is 11.4. The molecule has 0 aromatic heterocycles. The largest absolute Gasteiger partial charge is 0.385 e. The number of nitrogens with one attached hydrogen (secondary N) is 1. The molecule has 1 amide bonds. The Balaban J connectivity index is 4.18. The molecule has 0 aliphatic carbocycles. The Morgan fingerprint density at radius 3 is 2.53 bits per heavy atom. The number of carbonyl (C=O) groups is 2.